The van der Waals surface area contributed by atoms with E-state index in [9.17, 15) is 14.4 Å². The minimum absolute atomic E-state index is 0.0100. The number of hydrogen-bond donors (Lipinski definition) is 2. The summed E-state index contributed by atoms with van der Waals surface area (Å²) in [5.41, 5.74) is 2.73. The minimum Gasteiger partial charge on any atom is -0.465 e. The lowest BCUT2D eigenvalue weighted by Gasteiger charge is -2.11. The summed E-state index contributed by atoms with van der Waals surface area (Å²) in [6, 6.07) is 11.7. The number of esters is 1. The van der Waals surface area contributed by atoms with Gasteiger partial charge in [-0.25, -0.2) is 4.79 Å². The van der Waals surface area contributed by atoms with E-state index in [-0.39, 0.29) is 17.7 Å². The van der Waals surface area contributed by atoms with E-state index in [2.05, 4.69) is 10.6 Å². The molecule has 1 aliphatic carbocycles. The fraction of sp³-hybridized carbons (Fsp3) is 0.250. The highest BCUT2D eigenvalue weighted by atomic mass is 16.5. The lowest BCUT2D eigenvalue weighted by Crippen LogP contribution is -2.16. The Bertz CT molecular complexity index is 872. The number of anilines is 2. The van der Waals surface area contributed by atoms with Crippen molar-refractivity contribution in [1.29, 1.82) is 0 Å². The van der Waals surface area contributed by atoms with Gasteiger partial charge in [-0.1, -0.05) is 12.1 Å². The van der Waals surface area contributed by atoms with Crippen LogP contribution in [0.2, 0.25) is 0 Å². The molecule has 2 aromatic carbocycles. The molecule has 1 fully saturated rings. The van der Waals surface area contributed by atoms with Gasteiger partial charge < -0.3 is 15.4 Å². The predicted molar refractivity (Wildman–Crippen MR) is 98.3 cm³/mol. The van der Waals surface area contributed by atoms with Gasteiger partial charge >= 0.3 is 5.97 Å². The molecule has 0 bridgehead atoms. The van der Waals surface area contributed by atoms with Crippen LogP contribution in [0.5, 0.6) is 0 Å². The van der Waals surface area contributed by atoms with Gasteiger partial charge in [0.15, 0.2) is 0 Å². The second-order valence-electron chi connectivity index (χ2n) is 6.32. The van der Waals surface area contributed by atoms with Crippen molar-refractivity contribution >= 4 is 29.2 Å². The molecule has 3 rings (SSSR count). The molecular formula is C20H20N2O4. The van der Waals surface area contributed by atoms with Gasteiger partial charge in [-0.15, -0.1) is 0 Å². The number of amides is 2. The van der Waals surface area contributed by atoms with Gasteiger partial charge in [0.25, 0.3) is 5.91 Å². The molecule has 2 aromatic rings. The zero-order valence-electron chi connectivity index (χ0n) is 14.7. The van der Waals surface area contributed by atoms with Crippen molar-refractivity contribution in [3.63, 3.8) is 0 Å². The first kappa shape index (κ1) is 17.7. The van der Waals surface area contributed by atoms with Crippen molar-refractivity contribution in [2.45, 2.75) is 19.8 Å². The van der Waals surface area contributed by atoms with Gasteiger partial charge in [0.05, 0.1) is 12.7 Å². The Morgan fingerprint density at radius 2 is 1.77 bits per heavy atom. The Labute approximate surface area is 151 Å². The smallest absolute Gasteiger partial charge is 0.337 e. The van der Waals surface area contributed by atoms with Gasteiger partial charge in [0, 0.05) is 22.9 Å². The van der Waals surface area contributed by atoms with Crippen LogP contribution in [0.3, 0.4) is 0 Å². The third kappa shape index (κ3) is 4.08. The Kier molecular flexibility index (Phi) is 5.02. The highest BCUT2D eigenvalue weighted by Gasteiger charge is 2.29. The molecule has 6 nitrogen and oxygen atoms in total. The summed E-state index contributed by atoms with van der Waals surface area (Å²) in [5, 5.41) is 5.63. The summed E-state index contributed by atoms with van der Waals surface area (Å²) in [6.07, 6.45) is 1.84. The molecule has 2 N–H and O–H groups in total. The molecule has 0 atom stereocenters. The van der Waals surface area contributed by atoms with Crippen molar-refractivity contribution in [2.24, 2.45) is 5.92 Å². The fourth-order valence-electron chi connectivity index (χ4n) is 2.52. The third-order valence-corrected chi connectivity index (χ3v) is 4.25. The van der Waals surface area contributed by atoms with E-state index in [0.29, 0.717) is 22.5 Å². The highest BCUT2D eigenvalue weighted by molar-refractivity contribution is 6.06. The van der Waals surface area contributed by atoms with Crippen molar-refractivity contribution in [1.82, 2.24) is 0 Å². The van der Waals surface area contributed by atoms with E-state index in [1.807, 2.05) is 6.92 Å². The highest BCUT2D eigenvalue weighted by Crippen LogP contribution is 2.30. The summed E-state index contributed by atoms with van der Waals surface area (Å²) in [6.45, 7) is 1.84. The van der Waals surface area contributed by atoms with Crippen molar-refractivity contribution in [3.05, 3.63) is 59.2 Å². The molecule has 0 saturated heterocycles. The molecule has 1 aliphatic rings. The van der Waals surface area contributed by atoms with Crippen LogP contribution in [0, 0.1) is 12.8 Å². The van der Waals surface area contributed by atoms with E-state index in [4.69, 9.17) is 4.74 Å². The molecule has 6 heteroatoms. The van der Waals surface area contributed by atoms with Crippen molar-refractivity contribution in [3.8, 4) is 0 Å². The minimum atomic E-state index is -0.467. The standard InChI is InChI=1S/C20H20N2O4/c1-12-6-7-15(20(25)26-2)11-17(12)22-19(24)14-4-3-5-16(10-14)21-18(23)13-8-9-13/h3-7,10-11,13H,8-9H2,1-2H3,(H,21,23)(H,22,24). The average Bonchev–Trinajstić information content (AvgIpc) is 3.48. The number of ether oxygens (including phenoxy) is 1. The molecule has 0 aliphatic heterocycles. The third-order valence-electron chi connectivity index (χ3n) is 4.25. The molecule has 0 heterocycles. The first-order chi connectivity index (χ1) is 12.5. The second kappa shape index (κ2) is 7.39. The number of aryl methyl sites for hydroxylation is 1. The number of carbonyl (C=O) groups excluding carboxylic acids is 3. The van der Waals surface area contributed by atoms with Crippen LogP contribution in [0.25, 0.3) is 0 Å². The SMILES string of the molecule is COC(=O)c1ccc(C)c(NC(=O)c2cccc(NC(=O)C3CC3)c2)c1. The van der Waals surface area contributed by atoms with Crippen molar-refractivity contribution in [2.75, 3.05) is 17.7 Å². The lowest BCUT2D eigenvalue weighted by atomic mass is 10.1. The molecule has 0 radical (unpaired) electrons. The fourth-order valence-corrected chi connectivity index (χ4v) is 2.52. The molecule has 134 valence electrons. The zero-order valence-corrected chi connectivity index (χ0v) is 14.7. The van der Waals surface area contributed by atoms with Gasteiger partial charge in [-0.2, -0.15) is 0 Å². The van der Waals surface area contributed by atoms with E-state index in [0.717, 1.165) is 18.4 Å². The molecule has 2 amide bonds. The molecule has 0 spiro atoms. The van der Waals surface area contributed by atoms with Crippen LogP contribution < -0.4 is 10.6 Å². The van der Waals surface area contributed by atoms with Crippen LogP contribution in [0.15, 0.2) is 42.5 Å². The van der Waals surface area contributed by atoms with Gasteiger partial charge in [0.1, 0.15) is 0 Å². The Hall–Kier alpha value is -3.15. The number of rotatable bonds is 5. The Morgan fingerprint density at radius 1 is 1.00 bits per heavy atom. The number of methoxy groups -OCH3 is 1. The lowest BCUT2D eigenvalue weighted by molar-refractivity contribution is -0.117. The molecule has 1 saturated carbocycles. The number of carbonyl (C=O) groups is 3. The largest absolute Gasteiger partial charge is 0.465 e. The van der Waals surface area contributed by atoms with Crippen LogP contribution in [0.1, 0.15) is 39.1 Å². The van der Waals surface area contributed by atoms with Gasteiger partial charge in [-0.05, 0) is 55.7 Å². The summed E-state index contributed by atoms with van der Waals surface area (Å²) in [4.78, 5) is 36.1. The number of hydrogen-bond acceptors (Lipinski definition) is 4. The number of nitrogens with one attached hydrogen (secondary N) is 2. The average molecular weight is 352 g/mol. The monoisotopic (exact) mass is 352 g/mol. The Morgan fingerprint density at radius 3 is 2.46 bits per heavy atom. The van der Waals surface area contributed by atoms with Crippen LogP contribution in [-0.4, -0.2) is 24.9 Å². The topological polar surface area (TPSA) is 84.5 Å². The van der Waals surface area contributed by atoms with Crippen molar-refractivity contribution < 1.29 is 19.1 Å². The predicted octanol–water partition coefficient (Wildman–Crippen LogP) is 3.38. The van der Waals surface area contributed by atoms with E-state index in [1.54, 1.807) is 42.5 Å². The van der Waals surface area contributed by atoms with Gasteiger partial charge in [-0.3, -0.25) is 9.59 Å². The van der Waals surface area contributed by atoms with Gasteiger partial charge in [0.2, 0.25) is 5.91 Å². The van der Waals surface area contributed by atoms with E-state index in [1.165, 1.54) is 7.11 Å². The van der Waals surface area contributed by atoms with Crippen LogP contribution in [0.4, 0.5) is 11.4 Å². The summed E-state index contributed by atoms with van der Waals surface area (Å²) >= 11 is 0. The molecular weight excluding hydrogens is 332 g/mol. The summed E-state index contributed by atoms with van der Waals surface area (Å²) < 4.78 is 4.71. The first-order valence-electron chi connectivity index (χ1n) is 8.39. The van der Waals surface area contributed by atoms with Crippen LogP contribution in [-0.2, 0) is 9.53 Å². The zero-order chi connectivity index (χ0) is 18.7. The summed E-state index contributed by atoms with van der Waals surface area (Å²) in [7, 11) is 1.31. The van der Waals surface area contributed by atoms with E-state index < -0.39 is 5.97 Å². The quantitative estimate of drug-likeness (QED) is 0.808. The second-order valence-corrected chi connectivity index (χ2v) is 6.32. The Balaban J connectivity index is 1.75. The van der Waals surface area contributed by atoms with E-state index >= 15 is 0 Å². The maximum absolute atomic E-state index is 12.6. The first-order valence-corrected chi connectivity index (χ1v) is 8.39. The molecule has 0 unspecified atom stereocenters. The molecule has 0 aromatic heterocycles. The number of benzene rings is 2. The molecule has 26 heavy (non-hydrogen) atoms. The normalized spacial score (nSPS) is 13.0. The van der Waals surface area contributed by atoms with Crippen LogP contribution >= 0.6 is 0 Å². The maximum Gasteiger partial charge on any atom is 0.337 e. The summed E-state index contributed by atoms with van der Waals surface area (Å²) in [5.74, 6) is -0.705. The maximum atomic E-state index is 12.6.